The van der Waals surface area contributed by atoms with Crippen molar-refractivity contribution in [1.29, 1.82) is 0 Å². The van der Waals surface area contributed by atoms with E-state index >= 15 is 0 Å². The first kappa shape index (κ1) is 10.8. The lowest BCUT2D eigenvalue weighted by Gasteiger charge is -2.50. The van der Waals surface area contributed by atoms with Gasteiger partial charge in [0.1, 0.15) is 0 Å². The van der Waals surface area contributed by atoms with Gasteiger partial charge >= 0.3 is 0 Å². The van der Waals surface area contributed by atoms with E-state index in [0.717, 1.165) is 12.6 Å². The average Bonchev–Trinajstić information content (AvgIpc) is 2.40. The molecule has 3 atom stereocenters. The van der Waals surface area contributed by atoms with Crippen molar-refractivity contribution in [2.75, 3.05) is 13.1 Å². The highest BCUT2D eigenvalue weighted by atomic mass is 16.1. The third kappa shape index (κ3) is 1.50. The SMILES string of the molecule is O=c1cccc2n1C[C@@H]1C[C@H]2CN2CCCC[C@H]12. The maximum atomic E-state index is 12.0. The van der Waals surface area contributed by atoms with Crippen molar-refractivity contribution >= 4 is 0 Å². The van der Waals surface area contributed by atoms with Gasteiger partial charge < -0.3 is 4.57 Å². The summed E-state index contributed by atoms with van der Waals surface area (Å²) >= 11 is 0. The lowest BCUT2D eigenvalue weighted by Crippen LogP contribution is -2.54. The van der Waals surface area contributed by atoms with Crippen LogP contribution in [-0.2, 0) is 6.54 Å². The third-order valence-electron chi connectivity index (χ3n) is 5.17. The van der Waals surface area contributed by atoms with E-state index in [1.165, 1.54) is 44.5 Å². The predicted octanol–water partition coefficient (Wildman–Crippen LogP) is 1.82. The summed E-state index contributed by atoms with van der Waals surface area (Å²) in [7, 11) is 0. The maximum absolute atomic E-state index is 12.0. The fourth-order valence-corrected chi connectivity index (χ4v) is 4.39. The second-order valence-corrected chi connectivity index (χ2v) is 6.15. The fraction of sp³-hybridized carbons (Fsp3) is 0.667. The van der Waals surface area contributed by atoms with Gasteiger partial charge in [0.2, 0.25) is 0 Å². The molecule has 3 aliphatic heterocycles. The van der Waals surface area contributed by atoms with Crippen LogP contribution in [0.2, 0.25) is 0 Å². The van der Waals surface area contributed by atoms with Crippen LogP contribution in [-0.4, -0.2) is 28.6 Å². The summed E-state index contributed by atoms with van der Waals surface area (Å²) in [6.07, 6.45) is 5.37. The number of nitrogens with zero attached hydrogens (tertiary/aromatic N) is 2. The van der Waals surface area contributed by atoms with Gasteiger partial charge in [-0.1, -0.05) is 12.5 Å². The zero-order valence-corrected chi connectivity index (χ0v) is 10.7. The average molecular weight is 244 g/mol. The van der Waals surface area contributed by atoms with Gasteiger partial charge in [0.05, 0.1) is 0 Å². The minimum Gasteiger partial charge on any atom is -0.312 e. The molecule has 1 aromatic rings. The molecule has 0 unspecified atom stereocenters. The Labute approximate surface area is 107 Å². The molecular formula is C15H20N2O. The Balaban J connectivity index is 1.76. The van der Waals surface area contributed by atoms with Crippen LogP contribution in [0.4, 0.5) is 0 Å². The van der Waals surface area contributed by atoms with Crippen LogP contribution in [0, 0.1) is 5.92 Å². The molecule has 0 aliphatic carbocycles. The summed E-state index contributed by atoms with van der Waals surface area (Å²) in [6, 6.07) is 6.54. The number of piperidine rings is 2. The molecule has 3 aliphatic rings. The van der Waals surface area contributed by atoms with Crippen LogP contribution in [0.15, 0.2) is 23.0 Å². The molecule has 18 heavy (non-hydrogen) atoms. The largest absolute Gasteiger partial charge is 0.312 e. The van der Waals surface area contributed by atoms with Crippen LogP contribution in [0.5, 0.6) is 0 Å². The Hall–Kier alpha value is -1.09. The van der Waals surface area contributed by atoms with Gasteiger partial charge in [-0.25, -0.2) is 0 Å². The van der Waals surface area contributed by atoms with E-state index in [-0.39, 0.29) is 5.56 Å². The minimum absolute atomic E-state index is 0.200. The van der Waals surface area contributed by atoms with Gasteiger partial charge in [-0.2, -0.15) is 0 Å². The number of rotatable bonds is 0. The van der Waals surface area contributed by atoms with Crippen LogP contribution in [0.25, 0.3) is 0 Å². The van der Waals surface area contributed by atoms with Gasteiger partial charge in [0.15, 0.2) is 0 Å². The topological polar surface area (TPSA) is 25.2 Å². The molecule has 0 aromatic carbocycles. The summed E-state index contributed by atoms with van der Waals surface area (Å²) < 4.78 is 2.05. The van der Waals surface area contributed by atoms with E-state index in [9.17, 15) is 4.79 Å². The van der Waals surface area contributed by atoms with Crippen molar-refractivity contribution in [3.8, 4) is 0 Å². The summed E-state index contributed by atoms with van der Waals surface area (Å²) in [5.41, 5.74) is 1.48. The van der Waals surface area contributed by atoms with Crippen molar-refractivity contribution in [2.45, 2.75) is 44.2 Å². The molecule has 1 aromatic heterocycles. The minimum atomic E-state index is 0.200. The normalized spacial score (nSPS) is 34.8. The lowest BCUT2D eigenvalue weighted by atomic mass is 9.75. The summed E-state index contributed by atoms with van der Waals surface area (Å²) in [5.74, 6) is 1.30. The predicted molar refractivity (Wildman–Crippen MR) is 70.8 cm³/mol. The second-order valence-electron chi connectivity index (χ2n) is 6.15. The van der Waals surface area contributed by atoms with Crippen LogP contribution in [0.1, 0.15) is 37.3 Å². The Bertz CT molecular complexity index is 521. The van der Waals surface area contributed by atoms with E-state index in [2.05, 4.69) is 11.0 Å². The maximum Gasteiger partial charge on any atom is 0.250 e. The highest BCUT2D eigenvalue weighted by Crippen LogP contribution is 2.41. The Morgan fingerprint density at radius 3 is 3.06 bits per heavy atom. The van der Waals surface area contributed by atoms with E-state index in [0.29, 0.717) is 11.8 Å². The van der Waals surface area contributed by atoms with E-state index in [4.69, 9.17) is 0 Å². The molecule has 0 saturated carbocycles. The molecule has 2 saturated heterocycles. The van der Waals surface area contributed by atoms with E-state index in [1.807, 2.05) is 10.6 Å². The highest BCUT2D eigenvalue weighted by molar-refractivity contribution is 5.18. The Kier molecular flexibility index (Phi) is 2.37. The number of aromatic nitrogens is 1. The molecular weight excluding hydrogens is 224 g/mol. The highest BCUT2D eigenvalue weighted by Gasteiger charge is 2.41. The first-order chi connectivity index (χ1) is 8.83. The van der Waals surface area contributed by atoms with Crippen molar-refractivity contribution < 1.29 is 0 Å². The molecule has 0 radical (unpaired) electrons. The Morgan fingerprint density at radius 2 is 2.11 bits per heavy atom. The van der Waals surface area contributed by atoms with Crippen molar-refractivity contribution in [3.05, 3.63) is 34.2 Å². The van der Waals surface area contributed by atoms with E-state index in [1.54, 1.807) is 6.07 Å². The summed E-state index contributed by atoms with van der Waals surface area (Å²) in [5, 5.41) is 0. The molecule has 4 rings (SSSR count). The van der Waals surface area contributed by atoms with Crippen LogP contribution < -0.4 is 5.56 Å². The zero-order chi connectivity index (χ0) is 12.1. The first-order valence-corrected chi connectivity index (χ1v) is 7.27. The lowest BCUT2D eigenvalue weighted by molar-refractivity contribution is 0.0248. The van der Waals surface area contributed by atoms with Crippen molar-refractivity contribution in [2.24, 2.45) is 5.92 Å². The molecule has 2 fully saturated rings. The number of hydrogen-bond acceptors (Lipinski definition) is 2. The molecule has 4 heterocycles. The fourth-order valence-electron chi connectivity index (χ4n) is 4.39. The van der Waals surface area contributed by atoms with Gasteiger partial charge in [-0.3, -0.25) is 9.69 Å². The molecule has 3 heteroatoms. The molecule has 96 valence electrons. The second kappa shape index (κ2) is 3.95. The zero-order valence-electron chi connectivity index (χ0n) is 10.7. The Morgan fingerprint density at radius 1 is 1.17 bits per heavy atom. The quantitative estimate of drug-likeness (QED) is 0.695. The monoisotopic (exact) mass is 244 g/mol. The molecule has 0 N–H and O–H groups in total. The van der Waals surface area contributed by atoms with Gasteiger partial charge in [-0.05, 0) is 37.8 Å². The number of hydrogen-bond donors (Lipinski definition) is 0. The van der Waals surface area contributed by atoms with Crippen molar-refractivity contribution in [3.63, 3.8) is 0 Å². The van der Waals surface area contributed by atoms with Crippen molar-refractivity contribution in [1.82, 2.24) is 9.47 Å². The molecule has 3 nitrogen and oxygen atoms in total. The number of fused-ring (bicyclic) bond motifs is 6. The van der Waals surface area contributed by atoms with Gasteiger partial charge in [0.25, 0.3) is 5.56 Å². The molecule has 2 bridgehead atoms. The van der Waals surface area contributed by atoms with Gasteiger partial charge in [-0.15, -0.1) is 0 Å². The standard InChI is InChI=1S/C15H20N2O/c18-15-6-3-5-14-11-8-12(10-17(14)15)13-4-1-2-7-16(13)9-11/h3,5-6,11-13H,1-2,4,7-10H2/t11-,12-,13+/m0/s1. The summed E-state index contributed by atoms with van der Waals surface area (Å²) in [6.45, 7) is 3.39. The summed E-state index contributed by atoms with van der Waals surface area (Å²) in [4.78, 5) is 14.7. The van der Waals surface area contributed by atoms with Crippen LogP contribution >= 0.6 is 0 Å². The van der Waals surface area contributed by atoms with Gasteiger partial charge in [0, 0.05) is 36.8 Å². The van der Waals surface area contributed by atoms with Crippen LogP contribution in [0.3, 0.4) is 0 Å². The smallest absolute Gasteiger partial charge is 0.250 e. The molecule has 0 spiro atoms. The molecule has 0 amide bonds. The third-order valence-corrected chi connectivity index (χ3v) is 5.17. The van der Waals surface area contributed by atoms with E-state index < -0.39 is 0 Å². The number of pyridine rings is 1. The first-order valence-electron chi connectivity index (χ1n) is 7.27.